The van der Waals surface area contributed by atoms with Crippen LogP contribution in [0.2, 0.25) is 0 Å². The second kappa shape index (κ2) is 7.54. The molecule has 1 saturated heterocycles. The van der Waals surface area contributed by atoms with Gasteiger partial charge >= 0.3 is 0 Å². The number of carbonyl (C=O) groups is 1. The maximum Gasteiger partial charge on any atom is 0.222 e. The zero-order valence-corrected chi connectivity index (χ0v) is 14.8. The first-order valence-corrected chi connectivity index (χ1v) is 9.98. The molecule has 0 bridgehead atoms. The number of hydrogen-bond donors (Lipinski definition) is 0. The zero-order valence-electron chi connectivity index (χ0n) is 13.2. The van der Waals surface area contributed by atoms with E-state index in [1.165, 1.54) is 15.3 Å². The second-order valence-electron chi connectivity index (χ2n) is 5.86. The first-order valence-electron chi connectivity index (χ1n) is 7.67. The Bertz CT molecular complexity index is 524. The van der Waals surface area contributed by atoms with E-state index in [-0.39, 0.29) is 11.9 Å². The van der Waals surface area contributed by atoms with Crippen LogP contribution in [0.15, 0.2) is 6.07 Å². The lowest BCUT2D eigenvalue weighted by molar-refractivity contribution is -0.132. The highest BCUT2D eigenvalue weighted by Gasteiger charge is 2.23. The predicted octanol–water partition coefficient (Wildman–Crippen LogP) is 3.06. The average Bonchev–Trinajstić information content (AvgIpc) is 2.64. The fourth-order valence-electron chi connectivity index (χ4n) is 2.86. The van der Waals surface area contributed by atoms with Crippen molar-refractivity contribution in [3.63, 3.8) is 0 Å². The van der Waals surface area contributed by atoms with Gasteiger partial charge in [0, 0.05) is 51.1 Å². The Morgan fingerprint density at radius 2 is 2.19 bits per heavy atom. The van der Waals surface area contributed by atoms with E-state index in [9.17, 15) is 9.00 Å². The van der Waals surface area contributed by atoms with Crippen LogP contribution in [0.4, 0.5) is 0 Å². The zero-order chi connectivity index (χ0) is 15.4. The Kier molecular flexibility index (Phi) is 5.99. The molecule has 0 aliphatic carbocycles. The van der Waals surface area contributed by atoms with Crippen molar-refractivity contribution in [3.05, 3.63) is 21.4 Å². The topological polar surface area (TPSA) is 37.4 Å². The van der Waals surface area contributed by atoms with Crippen molar-refractivity contribution in [2.75, 3.05) is 18.1 Å². The number of thiophene rings is 1. The molecule has 0 saturated carbocycles. The van der Waals surface area contributed by atoms with Crippen LogP contribution in [0.25, 0.3) is 0 Å². The predicted molar refractivity (Wildman–Crippen MR) is 90.4 cm³/mol. The maximum atomic E-state index is 12.4. The van der Waals surface area contributed by atoms with Gasteiger partial charge in [0.15, 0.2) is 0 Å². The van der Waals surface area contributed by atoms with Gasteiger partial charge in [-0.2, -0.15) is 0 Å². The molecule has 0 unspecified atom stereocenters. The first kappa shape index (κ1) is 16.7. The third-order valence-corrected chi connectivity index (χ3v) is 6.49. The standard InChI is InChI=1S/C16H25NO2S2/c1-12-7-9-21(19)10-8-17(12)16(18)6-4-5-15-11-13(2)20-14(15)3/h11-12H,4-10H2,1-3H3/t12-,21-/m0/s1. The molecule has 2 heterocycles. The van der Waals surface area contributed by atoms with Gasteiger partial charge in [-0.1, -0.05) is 0 Å². The van der Waals surface area contributed by atoms with Gasteiger partial charge in [0.1, 0.15) is 0 Å². The Labute approximate surface area is 134 Å². The van der Waals surface area contributed by atoms with Crippen LogP contribution in [0.5, 0.6) is 0 Å². The van der Waals surface area contributed by atoms with Crippen LogP contribution in [0.3, 0.4) is 0 Å². The molecule has 1 aliphatic heterocycles. The summed E-state index contributed by atoms with van der Waals surface area (Å²) in [6.45, 7) is 7.02. The van der Waals surface area contributed by atoms with E-state index in [0.717, 1.165) is 25.0 Å². The molecule has 0 N–H and O–H groups in total. The van der Waals surface area contributed by atoms with Crippen molar-refractivity contribution in [2.24, 2.45) is 0 Å². The SMILES string of the molecule is Cc1cc(CCCC(=O)N2CC[S@@](=O)CC[C@@H]2C)c(C)s1. The number of nitrogens with zero attached hydrogens (tertiary/aromatic N) is 1. The van der Waals surface area contributed by atoms with Gasteiger partial charge < -0.3 is 4.90 Å². The van der Waals surface area contributed by atoms with Crippen molar-refractivity contribution in [2.45, 2.75) is 52.5 Å². The number of aryl methyl sites for hydroxylation is 3. The molecule has 3 nitrogen and oxygen atoms in total. The number of amides is 1. The minimum absolute atomic E-state index is 0.228. The molecule has 1 aromatic rings. The molecule has 0 radical (unpaired) electrons. The monoisotopic (exact) mass is 327 g/mol. The van der Waals surface area contributed by atoms with Crippen molar-refractivity contribution in [1.82, 2.24) is 4.90 Å². The fourth-order valence-corrected chi connectivity index (χ4v) is 5.04. The van der Waals surface area contributed by atoms with Gasteiger partial charge in [-0.3, -0.25) is 9.00 Å². The Balaban J connectivity index is 1.83. The largest absolute Gasteiger partial charge is 0.339 e. The molecule has 1 amide bonds. The first-order chi connectivity index (χ1) is 9.97. The van der Waals surface area contributed by atoms with Crippen molar-refractivity contribution >= 4 is 28.0 Å². The van der Waals surface area contributed by atoms with E-state index in [1.54, 1.807) is 0 Å². The average molecular weight is 328 g/mol. The molecule has 1 aliphatic rings. The Hall–Kier alpha value is -0.680. The third kappa shape index (κ3) is 4.65. The molecule has 2 rings (SSSR count). The molecule has 0 aromatic carbocycles. The minimum atomic E-state index is -0.744. The fraction of sp³-hybridized carbons (Fsp3) is 0.688. The van der Waals surface area contributed by atoms with Crippen LogP contribution >= 0.6 is 11.3 Å². The van der Waals surface area contributed by atoms with Crippen LogP contribution < -0.4 is 0 Å². The van der Waals surface area contributed by atoms with E-state index in [2.05, 4.69) is 26.8 Å². The molecule has 0 spiro atoms. The summed E-state index contributed by atoms with van der Waals surface area (Å²) in [6.07, 6.45) is 3.35. The maximum absolute atomic E-state index is 12.4. The van der Waals surface area contributed by atoms with Crippen molar-refractivity contribution in [3.8, 4) is 0 Å². The summed E-state index contributed by atoms with van der Waals surface area (Å²) in [4.78, 5) is 17.0. The van der Waals surface area contributed by atoms with E-state index in [0.29, 0.717) is 18.7 Å². The van der Waals surface area contributed by atoms with Gasteiger partial charge in [0.05, 0.1) is 0 Å². The minimum Gasteiger partial charge on any atom is -0.339 e. The highest BCUT2D eigenvalue weighted by Crippen LogP contribution is 2.22. The van der Waals surface area contributed by atoms with Gasteiger partial charge in [0.25, 0.3) is 0 Å². The van der Waals surface area contributed by atoms with Gasteiger partial charge in [-0.25, -0.2) is 0 Å². The summed E-state index contributed by atoms with van der Waals surface area (Å²) in [6, 6.07) is 2.47. The molecular weight excluding hydrogens is 302 g/mol. The van der Waals surface area contributed by atoms with Gasteiger partial charge in [-0.05, 0) is 51.7 Å². The summed E-state index contributed by atoms with van der Waals surface area (Å²) in [5.41, 5.74) is 1.38. The normalized spacial score (nSPS) is 23.1. The molecule has 1 aromatic heterocycles. The summed E-state index contributed by atoms with van der Waals surface area (Å²) in [5.74, 6) is 1.60. The highest BCUT2D eigenvalue weighted by molar-refractivity contribution is 7.85. The molecule has 118 valence electrons. The molecule has 2 atom stereocenters. The number of carbonyl (C=O) groups excluding carboxylic acids is 1. The van der Waals surface area contributed by atoms with Crippen molar-refractivity contribution < 1.29 is 9.00 Å². The molecule has 5 heteroatoms. The molecular formula is C16H25NO2S2. The van der Waals surface area contributed by atoms with Gasteiger partial charge in [-0.15, -0.1) is 11.3 Å². The third-order valence-electron chi connectivity index (χ3n) is 4.16. The molecule has 21 heavy (non-hydrogen) atoms. The lowest BCUT2D eigenvalue weighted by Gasteiger charge is -2.26. The summed E-state index contributed by atoms with van der Waals surface area (Å²) in [5, 5.41) is 0. The van der Waals surface area contributed by atoms with E-state index < -0.39 is 10.8 Å². The second-order valence-corrected chi connectivity index (χ2v) is 9.02. The lowest BCUT2D eigenvalue weighted by Crippen LogP contribution is -2.39. The Morgan fingerprint density at radius 3 is 2.86 bits per heavy atom. The van der Waals surface area contributed by atoms with E-state index in [1.807, 2.05) is 16.2 Å². The number of rotatable bonds is 4. The summed E-state index contributed by atoms with van der Waals surface area (Å²) < 4.78 is 11.6. The highest BCUT2D eigenvalue weighted by atomic mass is 32.2. The van der Waals surface area contributed by atoms with E-state index >= 15 is 0 Å². The van der Waals surface area contributed by atoms with Gasteiger partial charge in [0.2, 0.25) is 5.91 Å². The quantitative estimate of drug-likeness (QED) is 0.852. The van der Waals surface area contributed by atoms with Crippen LogP contribution in [0, 0.1) is 13.8 Å². The van der Waals surface area contributed by atoms with Crippen molar-refractivity contribution in [1.29, 1.82) is 0 Å². The Morgan fingerprint density at radius 1 is 1.43 bits per heavy atom. The summed E-state index contributed by atoms with van der Waals surface area (Å²) in [7, 11) is -0.744. The van der Waals surface area contributed by atoms with Crippen LogP contribution in [0.1, 0.15) is 41.5 Å². The lowest BCUT2D eigenvalue weighted by atomic mass is 10.1. The van der Waals surface area contributed by atoms with Crippen LogP contribution in [-0.4, -0.2) is 39.1 Å². The molecule has 1 fully saturated rings. The number of hydrogen-bond acceptors (Lipinski definition) is 3. The van der Waals surface area contributed by atoms with Crippen LogP contribution in [-0.2, 0) is 22.0 Å². The smallest absolute Gasteiger partial charge is 0.222 e. The summed E-state index contributed by atoms with van der Waals surface area (Å²) >= 11 is 1.83. The van der Waals surface area contributed by atoms with E-state index in [4.69, 9.17) is 0 Å².